The Hall–Kier alpha value is -2.18. The molecule has 6 nitrogen and oxygen atoms in total. The van der Waals surface area contributed by atoms with Gasteiger partial charge in [0.2, 0.25) is 0 Å². The molecule has 0 aliphatic carbocycles. The number of piperazine rings is 1. The number of benzene rings is 1. The van der Waals surface area contributed by atoms with Crippen LogP contribution in [0.2, 0.25) is 0 Å². The molecule has 2 saturated heterocycles. The normalized spacial score (nSPS) is 21.1. The number of fused-ring (bicyclic) bond motifs is 1. The quantitative estimate of drug-likeness (QED) is 0.776. The summed E-state index contributed by atoms with van der Waals surface area (Å²) in [5.74, 6) is 0.129. The second-order valence-corrected chi connectivity index (χ2v) is 7.58. The molecule has 2 aliphatic rings. The highest BCUT2D eigenvalue weighted by Gasteiger charge is 2.30. The zero-order valence-corrected chi connectivity index (χ0v) is 16.0. The number of carbonyl (C=O) groups is 1. The van der Waals surface area contributed by atoms with E-state index in [1.807, 2.05) is 24.8 Å². The van der Waals surface area contributed by atoms with Crippen molar-refractivity contribution in [2.24, 2.45) is 0 Å². The summed E-state index contributed by atoms with van der Waals surface area (Å²) in [6, 6.07) is 5.70. The largest absolute Gasteiger partial charge is 0.422 e. The van der Waals surface area contributed by atoms with Crippen molar-refractivity contribution in [1.82, 2.24) is 9.80 Å². The molecule has 3 heterocycles. The summed E-state index contributed by atoms with van der Waals surface area (Å²) >= 11 is 0. The third kappa shape index (κ3) is 3.64. The average Bonchev–Trinajstić information content (AvgIpc) is 3.20. The average molecular weight is 370 g/mol. The summed E-state index contributed by atoms with van der Waals surface area (Å²) in [4.78, 5) is 28.7. The van der Waals surface area contributed by atoms with E-state index in [2.05, 4.69) is 11.0 Å². The summed E-state index contributed by atoms with van der Waals surface area (Å²) in [7, 11) is 0. The van der Waals surface area contributed by atoms with Crippen molar-refractivity contribution in [3.05, 3.63) is 45.3 Å². The lowest BCUT2D eigenvalue weighted by atomic mass is 10.0. The molecular formula is C21H26N2O4. The molecule has 144 valence electrons. The third-order valence-electron chi connectivity index (χ3n) is 5.80. The molecule has 0 saturated carbocycles. The first kappa shape index (κ1) is 18.2. The maximum atomic E-state index is 12.5. The van der Waals surface area contributed by atoms with Gasteiger partial charge in [0.1, 0.15) is 11.7 Å². The second-order valence-electron chi connectivity index (χ2n) is 7.58. The summed E-state index contributed by atoms with van der Waals surface area (Å²) in [5, 5.41) is 0.996. The van der Waals surface area contributed by atoms with Crippen LogP contribution in [0, 0.1) is 13.8 Å². The minimum Gasteiger partial charge on any atom is -0.422 e. The molecule has 2 aliphatic heterocycles. The monoisotopic (exact) mass is 370 g/mol. The number of aryl methyl sites for hydroxylation is 2. The van der Waals surface area contributed by atoms with E-state index in [-0.39, 0.29) is 17.6 Å². The SMILES string of the molecule is Cc1ccc2c(CN3CCN(C(=O)C4CCCO4)CC3)cc(=O)oc2c1C. The maximum absolute atomic E-state index is 12.5. The summed E-state index contributed by atoms with van der Waals surface area (Å²) in [5.41, 5.74) is 3.49. The van der Waals surface area contributed by atoms with E-state index in [1.165, 1.54) is 0 Å². The maximum Gasteiger partial charge on any atom is 0.336 e. The Bertz CT molecular complexity index is 906. The highest BCUT2D eigenvalue weighted by Crippen LogP contribution is 2.24. The Morgan fingerprint density at radius 2 is 1.96 bits per heavy atom. The van der Waals surface area contributed by atoms with Crippen molar-refractivity contribution < 1.29 is 13.9 Å². The van der Waals surface area contributed by atoms with Crippen LogP contribution in [0.4, 0.5) is 0 Å². The summed E-state index contributed by atoms with van der Waals surface area (Å²) < 4.78 is 11.0. The number of rotatable bonds is 3. The van der Waals surface area contributed by atoms with Crippen LogP contribution in [0.25, 0.3) is 11.0 Å². The molecule has 0 bridgehead atoms. The summed E-state index contributed by atoms with van der Waals surface area (Å²) in [6.07, 6.45) is 1.56. The van der Waals surface area contributed by atoms with Gasteiger partial charge in [-0.3, -0.25) is 9.69 Å². The second kappa shape index (κ2) is 7.44. The van der Waals surface area contributed by atoms with Crippen LogP contribution in [-0.2, 0) is 16.1 Å². The molecule has 0 spiro atoms. The molecule has 1 aromatic carbocycles. The van der Waals surface area contributed by atoms with Gasteiger partial charge < -0.3 is 14.1 Å². The number of ether oxygens (including phenoxy) is 1. The predicted molar refractivity (Wildman–Crippen MR) is 103 cm³/mol. The fourth-order valence-corrected chi connectivity index (χ4v) is 4.00. The van der Waals surface area contributed by atoms with Crippen LogP contribution >= 0.6 is 0 Å². The first-order chi connectivity index (χ1) is 13.0. The van der Waals surface area contributed by atoms with Crippen LogP contribution in [0.3, 0.4) is 0 Å². The zero-order valence-electron chi connectivity index (χ0n) is 16.0. The van der Waals surface area contributed by atoms with Gasteiger partial charge in [0.15, 0.2) is 0 Å². The molecule has 1 aromatic heterocycles. The fraction of sp³-hybridized carbons (Fsp3) is 0.524. The van der Waals surface area contributed by atoms with E-state index in [9.17, 15) is 9.59 Å². The van der Waals surface area contributed by atoms with Gasteiger partial charge in [0.25, 0.3) is 5.91 Å². The number of amides is 1. The Balaban J connectivity index is 1.47. The van der Waals surface area contributed by atoms with Gasteiger partial charge in [0, 0.05) is 50.8 Å². The van der Waals surface area contributed by atoms with Crippen LogP contribution < -0.4 is 5.63 Å². The summed E-state index contributed by atoms with van der Waals surface area (Å²) in [6.45, 7) is 8.39. The van der Waals surface area contributed by atoms with Crippen LogP contribution in [0.5, 0.6) is 0 Å². The predicted octanol–water partition coefficient (Wildman–Crippen LogP) is 2.23. The molecular weight excluding hydrogens is 344 g/mol. The molecule has 4 rings (SSSR count). The first-order valence-electron chi connectivity index (χ1n) is 9.68. The number of nitrogens with zero attached hydrogens (tertiary/aromatic N) is 2. The molecule has 1 atom stereocenters. The lowest BCUT2D eigenvalue weighted by Gasteiger charge is -2.35. The van der Waals surface area contributed by atoms with Gasteiger partial charge in [-0.15, -0.1) is 0 Å². The minimum atomic E-state index is -0.307. The first-order valence-corrected chi connectivity index (χ1v) is 9.68. The lowest BCUT2D eigenvalue weighted by molar-refractivity contribution is -0.142. The smallest absolute Gasteiger partial charge is 0.336 e. The van der Waals surface area contributed by atoms with Gasteiger partial charge in [0.05, 0.1) is 0 Å². The van der Waals surface area contributed by atoms with Crippen molar-refractivity contribution in [2.45, 2.75) is 39.3 Å². The molecule has 0 radical (unpaired) electrons. The molecule has 27 heavy (non-hydrogen) atoms. The zero-order chi connectivity index (χ0) is 19.0. The molecule has 1 amide bonds. The van der Waals surface area contributed by atoms with Crippen molar-refractivity contribution in [1.29, 1.82) is 0 Å². The van der Waals surface area contributed by atoms with Crippen molar-refractivity contribution in [3.63, 3.8) is 0 Å². The van der Waals surface area contributed by atoms with Crippen LogP contribution in [-0.4, -0.2) is 54.6 Å². The van der Waals surface area contributed by atoms with Gasteiger partial charge in [-0.05, 0) is 43.4 Å². The van der Waals surface area contributed by atoms with Gasteiger partial charge in [-0.2, -0.15) is 0 Å². The number of hydrogen-bond acceptors (Lipinski definition) is 5. The van der Waals surface area contributed by atoms with Crippen molar-refractivity contribution >= 4 is 16.9 Å². The third-order valence-corrected chi connectivity index (χ3v) is 5.80. The Morgan fingerprint density at radius 1 is 1.19 bits per heavy atom. The molecule has 0 N–H and O–H groups in total. The van der Waals surface area contributed by atoms with E-state index in [0.717, 1.165) is 48.0 Å². The van der Waals surface area contributed by atoms with Crippen molar-refractivity contribution in [3.8, 4) is 0 Å². The Kier molecular flexibility index (Phi) is 5.02. The Morgan fingerprint density at radius 3 is 2.67 bits per heavy atom. The van der Waals surface area contributed by atoms with Gasteiger partial charge in [-0.1, -0.05) is 12.1 Å². The number of hydrogen-bond donors (Lipinski definition) is 0. The van der Waals surface area contributed by atoms with Crippen molar-refractivity contribution in [2.75, 3.05) is 32.8 Å². The van der Waals surface area contributed by atoms with Gasteiger partial charge >= 0.3 is 5.63 Å². The minimum absolute atomic E-state index is 0.129. The van der Waals surface area contributed by atoms with E-state index in [4.69, 9.17) is 9.15 Å². The van der Waals surface area contributed by atoms with E-state index < -0.39 is 0 Å². The van der Waals surface area contributed by atoms with E-state index >= 15 is 0 Å². The van der Waals surface area contributed by atoms with Crippen LogP contribution in [0.15, 0.2) is 27.4 Å². The highest BCUT2D eigenvalue weighted by atomic mass is 16.5. The molecule has 1 unspecified atom stereocenters. The topological polar surface area (TPSA) is 63.0 Å². The van der Waals surface area contributed by atoms with E-state index in [0.29, 0.717) is 31.8 Å². The fourth-order valence-electron chi connectivity index (χ4n) is 4.00. The number of carbonyl (C=O) groups excluding carboxylic acids is 1. The molecule has 2 aromatic rings. The van der Waals surface area contributed by atoms with Gasteiger partial charge in [-0.25, -0.2) is 4.79 Å². The molecule has 2 fully saturated rings. The van der Waals surface area contributed by atoms with Crippen LogP contribution in [0.1, 0.15) is 29.5 Å². The standard InChI is InChI=1S/C21H26N2O4/c1-14-5-6-17-16(12-19(24)27-20(17)15(14)2)13-22-7-9-23(10-8-22)21(25)18-4-3-11-26-18/h5-6,12,18H,3-4,7-11,13H2,1-2H3. The lowest BCUT2D eigenvalue weighted by Crippen LogP contribution is -2.51. The highest BCUT2D eigenvalue weighted by molar-refractivity contribution is 5.84. The Labute approximate surface area is 158 Å². The van der Waals surface area contributed by atoms with E-state index in [1.54, 1.807) is 6.07 Å². The molecule has 6 heteroatoms.